The van der Waals surface area contributed by atoms with Gasteiger partial charge in [-0.25, -0.2) is 0 Å². The number of anilines is 1. The van der Waals surface area contributed by atoms with E-state index >= 15 is 0 Å². The smallest absolute Gasteiger partial charge is 0.255 e. The van der Waals surface area contributed by atoms with Crippen LogP contribution < -0.4 is 20.7 Å². The molecule has 0 radical (unpaired) electrons. The number of hydrogen-bond donors (Lipinski definition) is 3. The fraction of sp³-hybridized carbons (Fsp3) is 0.176. The molecular formula is C17H17N3O4. The lowest BCUT2D eigenvalue weighted by molar-refractivity contribution is -0.116. The van der Waals surface area contributed by atoms with Crippen molar-refractivity contribution in [3.8, 4) is 11.5 Å². The van der Waals surface area contributed by atoms with Crippen molar-refractivity contribution < 1.29 is 19.4 Å². The second-order valence-corrected chi connectivity index (χ2v) is 5.42. The first-order chi connectivity index (χ1) is 11.5. The van der Waals surface area contributed by atoms with Crippen LogP contribution in [0, 0.1) is 0 Å². The number of phenolic OH excluding ortho intramolecular Hbond substituents is 1. The van der Waals surface area contributed by atoms with E-state index in [0.29, 0.717) is 16.8 Å². The Bertz CT molecular complexity index is 806. The van der Waals surface area contributed by atoms with Gasteiger partial charge < -0.3 is 25.8 Å². The van der Waals surface area contributed by atoms with Crippen molar-refractivity contribution >= 4 is 17.5 Å². The average Bonchev–Trinajstić information content (AvgIpc) is 2.57. The van der Waals surface area contributed by atoms with E-state index in [0.717, 1.165) is 0 Å². The van der Waals surface area contributed by atoms with Crippen molar-refractivity contribution in [1.82, 2.24) is 5.32 Å². The summed E-state index contributed by atoms with van der Waals surface area (Å²) in [5.41, 5.74) is 7.13. The molecular weight excluding hydrogens is 310 g/mol. The second kappa shape index (κ2) is 6.11. The Hall–Kier alpha value is -3.22. The molecule has 2 amide bonds. The molecule has 1 heterocycles. The Morgan fingerprint density at radius 2 is 2.08 bits per heavy atom. The van der Waals surface area contributed by atoms with Gasteiger partial charge >= 0.3 is 0 Å². The van der Waals surface area contributed by atoms with Gasteiger partial charge in [-0.05, 0) is 29.8 Å². The van der Waals surface area contributed by atoms with Crippen LogP contribution in [0.5, 0.6) is 11.5 Å². The van der Waals surface area contributed by atoms with E-state index < -0.39 is 12.1 Å². The molecule has 0 bridgehead atoms. The number of phenols is 1. The predicted octanol–water partition coefficient (Wildman–Crippen LogP) is 1.13. The lowest BCUT2D eigenvalue weighted by atomic mass is 10.0. The monoisotopic (exact) mass is 327 g/mol. The molecule has 0 aromatic heterocycles. The van der Waals surface area contributed by atoms with Crippen LogP contribution in [0.3, 0.4) is 0 Å². The van der Waals surface area contributed by atoms with Gasteiger partial charge in [0.15, 0.2) is 11.5 Å². The van der Waals surface area contributed by atoms with Gasteiger partial charge in [0.05, 0.1) is 24.9 Å². The second-order valence-electron chi connectivity index (χ2n) is 5.42. The van der Waals surface area contributed by atoms with Crippen molar-refractivity contribution in [2.75, 3.05) is 18.6 Å². The Morgan fingerprint density at radius 3 is 2.79 bits per heavy atom. The third-order valence-corrected chi connectivity index (χ3v) is 3.88. The SMILES string of the molecule is COc1cc([C@H]2NC(=O)c3ccccc3N2CC(N)=O)ccc1O. The zero-order valence-corrected chi connectivity index (χ0v) is 13.0. The number of amides is 2. The molecule has 0 aliphatic carbocycles. The molecule has 1 aliphatic rings. The molecule has 124 valence electrons. The molecule has 0 spiro atoms. The van der Waals surface area contributed by atoms with Crippen molar-refractivity contribution in [2.45, 2.75) is 6.17 Å². The molecule has 0 saturated heterocycles. The minimum absolute atomic E-state index is 0.00904. The maximum absolute atomic E-state index is 12.4. The van der Waals surface area contributed by atoms with E-state index in [2.05, 4.69) is 5.32 Å². The zero-order valence-electron chi connectivity index (χ0n) is 13.0. The summed E-state index contributed by atoms with van der Waals surface area (Å²) in [5, 5.41) is 12.6. The number of carbonyl (C=O) groups excluding carboxylic acids is 2. The van der Waals surface area contributed by atoms with Gasteiger partial charge in [0.1, 0.15) is 6.17 Å². The van der Waals surface area contributed by atoms with Gasteiger partial charge in [0.2, 0.25) is 5.91 Å². The third kappa shape index (κ3) is 2.71. The van der Waals surface area contributed by atoms with E-state index in [4.69, 9.17) is 10.5 Å². The van der Waals surface area contributed by atoms with Gasteiger partial charge in [0, 0.05) is 0 Å². The first kappa shape index (κ1) is 15.7. The molecule has 0 saturated carbocycles. The summed E-state index contributed by atoms with van der Waals surface area (Å²) >= 11 is 0. The molecule has 1 atom stereocenters. The molecule has 2 aromatic rings. The van der Waals surface area contributed by atoms with Gasteiger partial charge in [-0.2, -0.15) is 0 Å². The van der Waals surface area contributed by atoms with Crippen molar-refractivity contribution in [3.63, 3.8) is 0 Å². The summed E-state index contributed by atoms with van der Waals surface area (Å²) in [6, 6.07) is 11.7. The van der Waals surface area contributed by atoms with Crippen molar-refractivity contribution in [2.24, 2.45) is 5.73 Å². The number of rotatable bonds is 4. The Balaban J connectivity index is 2.09. The number of hydrogen-bond acceptors (Lipinski definition) is 5. The minimum Gasteiger partial charge on any atom is -0.504 e. The van der Waals surface area contributed by atoms with E-state index in [1.165, 1.54) is 13.2 Å². The molecule has 0 unspecified atom stereocenters. The van der Waals surface area contributed by atoms with E-state index in [1.54, 1.807) is 41.3 Å². The highest BCUT2D eigenvalue weighted by Gasteiger charge is 2.32. The molecule has 3 rings (SSSR count). The Morgan fingerprint density at radius 1 is 1.33 bits per heavy atom. The number of carbonyl (C=O) groups is 2. The number of nitrogens with zero attached hydrogens (tertiary/aromatic N) is 1. The summed E-state index contributed by atoms with van der Waals surface area (Å²) in [7, 11) is 1.44. The zero-order chi connectivity index (χ0) is 17.3. The maximum Gasteiger partial charge on any atom is 0.255 e. The van der Waals surface area contributed by atoms with E-state index in [-0.39, 0.29) is 24.0 Å². The molecule has 1 aliphatic heterocycles. The highest BCUT2D eigenvalue weighted by atomic mass is 16.5. The summed E-state index contributed by atoms with van der Waals surface area (Å²) in [6.45, 7) is -0.0643. The topological polar surface area (TPSA) is 105 Å². The number of methoxy groups -OCH3 is 1. The van der Waals surface area contributed by atoms with E-state index in [1.807, 2.05) is 0 Å². The van der Waals surface area contributed by atoms with Crippen LogP contribution in [0.15, 0.2) is 42.5 Å². The van der Waals surface area contributed by atoms with Gasteiger partial charge in [-0.1, -0.05) is 18.2 Å². The van der Waals surface area contributed by atoms with Gasteiger partial charge in [0.25, 0.3) is 5.91 Å². The first-order valence-corrected chi connectivity index (χ1v) is 7.33. The maximum atomic E-state index is 12.4. The third-order valence-electron chi connectivity index (χ3n) is 3.88. The summed E-state index contributed by atoms with van der Waals surface area (Å²) in [6.07, 6.45) is -0.602. The molecule has 24 heavy (non-hydrogen) atoms. The molecule has 7 nitrogen and oxygen atoms in total. The van der Waals surface area contributed by atoms with Crippen LogP contribution in [0.1, 0.15) is 22.1 Å². The highest BCUT2D eigenvalue weighted by molar-refractivity contribution is 6.02. The number of fused-ring (bicyclic) bond motifs is 1. The molecule has 4 N–H and O–H groups in total. The van der Waals surface area contributed by atoms with Crippen molar-refractivity contribution in [1.29, 1.82) is 0 Å². The lowest BCUT2D eigenvalue weighted by Gasteiger charge is -2.38. The summed E-state index contributed by atoms with van der Waals surface area (Å²) < 4.78 is 5.12. The Kier molecular flexibility index (Phi) is 3.99. The molecule has 0 fully saturated rings. The van der Waals surface area contributed by atoms with Gasteiger partial charge in [-0.3, -0.25) is 9.59 Å². The van der Waals surface area contributed by atoms with Gasteiger partial charge in [-0.15, -0.1) is 0 Å². The molecule has 7 heteroatoms. The minimum atomic E-state index is -0.602. The van der Waals surface area contributed by atoms with Crippen LogP contribution in [-0.4, -0.2) is 30.6 Å². The number of ether oxygens (including phenoxy) is 1. The van der Waals surface area contributed by atoms with Crippen LogP contribution in [0.4, 0.5) is 5.69 Å². The largest absolute Gasteiger partial charge is 0.504 e. The average molecular weight is 327 g/mol. The number of aromatic hydroxyl groups is 1. The Labute approximate surface area is 138 Å². The predicted molar refractivity (Wildman–Crippen MR) is 87.8 cm³/mol. The number of primary amides is 1. The number of nitrogens with two attached hydrogens (primary N) is 1. The number of benzene rings is 2. The quantitative estimate of drug-likeness (QED) is 0.781. The normalized spacial score (nSPS) is 16.3. The fourth-order valence-electron chi connectivity index (χ4n) is 2.81. The summed E-state index contributed by atoms with van der Waals surface area (Å²) in [5.74, 6) is -0.495. The van der Waals surface area contributed by atoms with Crippen molar-refractivity contribution in [3.05, 3.63) is 53.6 Å². The van der Waals surface area contributed by atoms with Crippen LogP contribution in [0.25, 0.3) is 0 Å². The standard InChI is InChI=1S/C17H17N3O4/c1-24-14-8-10(6-7-13(14)21)16-19-17(23)11-4-2-3-5-12(11)20(16)9-15(18)22/h2-8,16,21H,9H2,1H3,(H2,18,22)(H,19,23)/t16-/m0/s1. The highest BCUT2D eigenvalue weighted by Crippen LogP contribution is 2.35. The number of nitrogens with one attached hydrogen (secondary N) is 1. The first-order valence-electron chi connectivity index (χ1n) is 7.33. The fourth-order valence-corrected chi connectivity index (χ4v) is 2.81. The number of para-hydroxylation sites is 1. The lowest BCUT2D eigenvalue weighted by Crippen LogP contribution is -2.49. The van der Waals surface area contributed by atoms with Crippen LogP contribution >= 0.6 is 0 Å². The summed E-state index contributed by atoms with van der Waals surface area (Å²) in [4.78, 5) is 25.6. The van der Waals surface area contributed by atoms with Crippen LogP contribution in [-0.2, 0) is 4.79 Å². The molecule has 2 aromatic carbocycles. The van der Waals surface area contributed by atoms with E-state index in [9.17, 15) is 14.7 Å². The van der Waals surface area contributed by atoms with Crippen LogP contribution in [0.2, 0.25) is 0 Å².